The van der Waals surface area contributed by atoms with E-state index in [2.05, 4.69) is 10.6 Å². The number of hydrogen-bond acceptors (Lipinski definition) is 4. The minimum atomic E-state index is -3.01. The lowest BCUT2D eigenvalue weighted by atomic mass is 9.83. The van der Waals surface area contributed by atoms with Gasteiger partial charge in [-0.15, -0.1) is 0 Å². The fraction of sp³-hybridized carbons (Fsp3) is 0.423. The Balaban J connectivity index is 1.38. The van der Waals surface area contributed by atoms with Crippen LogP contribution < -0.4 is 10.6 Å². The Labute approximate surface area is 201 Å². The first kappa shape index (κ1) is 24.6. The minimum Gasteiger partial charge on any atom is -0.481 e. The van der Waals surface area contributed by atoms with Gasteiger partial charge >= 0.3 is 12.1 Å². The van der Waals surface area contributed by atoms with Crippen molar-refractivity contribution >= 4 is 18.0 Å². The van der Waals surface area contributed by atoms with Crippen LogP contribution in [-0.4, -0.2) is 48.2 Å². The number of hydrogen-bond donors (Lipinski definition) is 3. The SMILES string of the molecule is O=C(O)CC(NC(=O)[C@H]1CCCC[C@H]1NC(=O)OCC1c2ccccc2-c2ccccc21)C(F)F. The van der Waals surface area contributed by atoms with Gasteiger partial charge in [0.25, 0.3) is 6.43 Å². The van der Waals surface area contributed by atoms with Crippen molar-refractivity contribution in [1.82, 2.24) is 10.6 Å². The number of amides is 2. The maximum absolute atomic E-state index is 13.2. The number of nitrogens with one attached hydrogen (secondary N) is 2. The van der Waals surface area contributed by atoms with Crippen LogP contribution in [0.2, 0.25) is 0 Å². The Morgan fingerprint density at radius 1 is 0.971 bits per heavy atom. The second kappa shape index (κ2) is 10.8. The summed E-state index contributed by atoms with van der Waals surface area (Å²) in [4.78, 5) is 36.2. The molecule has 9 heteroatoms. The van der Waals surface area contributed by atoms with Crippen molar-refractivity contribution in [1.29, 1.82) is 0 Å². The van der Waals surface area contributed by atoms with Gasteiger partial charge in [0, 0.05) is 12.0 Å². The van der Waals surface area contributed by atoms with Gasteiger partial charge in [0.05, 0.1) is 12.3 Å². The predicted molar refractivity (Wildman–Crippen MR) is 124 cm³/mol. The van der Waals surface area contributed by atoms with Crippen LogP contribution in [0.3, 0.4) is 0 Å². The van der Waals surface area contributed by atoms with Crippen LogP contribution in [0.4, 0.5) is 13.6 Å². The number of carbonyl (C=O) groups excluding carboxylic acids is 2. The minimum absolute atomic E-state index is 0.110. The van der Waals surface area contributed by atoms with Gasteiger partial charge in [-0.25, -0.2) is 13.6 Å². The van der Waals surface area contributed by atoms with E-state index in [9.17, 15) is 23.2 Å². The Bertz CT molecular complexity index is 1050. The van der Waals surface area contributed by atoms with E-state index in [1.54, 1.807) is 0 Å². The highest BCUT2D eigenvalue weighted by Crippen LogP contribution is 2.44. The Kier molecular flexibility index (Phi) is 7.63. The summed E-state index contributed by atoms with van der Waals surface area (Å²) >= 11 is 0. The third-order valence-corrected chi connectivity index (χ3v) is 6.78. The van der Waals surface area contributed by atoms with Crippen LogP contribution in [-0.2, 0) is 14.3 Å². The number of benzene rings is 2. The lowest BCUT2D eigenvalue weighted by molar-refractivity contribution is -0.139. The highest BCUT2D eigenvalue weighted by Gasteiger charge is 2.36. The molecule has 2 aromatic rings. The number of fused-ring (bicyclic) bond motifs is 3. The predicted octanol–water partition coefficient (Wildman–Crippen LogP) is 4.31. The molecule has 186 valence electrons. The molecule has 0 heterocycles. The molecular weight excluding hydrogens is 458 g/mol. The quantitative estimate of drug-likeness (QED) is 0.516. The van der Waals surface area contributed by atoms with Crippen LogP contribution in [0.1, 0.15) is 49.1 Å². The zero-order chi connectivity index (χ0) is 24.9. The van der Waals surface area contributed by atoms with Crippen molar-refractivity contribution in [3.8, 4) is 11.1 Å². The third-order valence-electron chi connectivity index (χ3n) is 6.78. The van der Waals surface area contributed by atoms with E-state index >= 15 is 0 Å². The molecule has 0 aromatic heterocycles. The van der Waals surface area contributed by atoms with E-state index in [1.807, 2.05) is 48.5 Å². The van der Waals surface area contributed by atoms with Gasteiger partial charge in [-0.05, 0) is 35.1 Å². The van der Waals surface area contributed by atoms with Gasteiger partial charge in [0.15, 0.2) is 0 Å². The Hall–Kier alpha value is -3.49. The standard InChI is InChI=1S/C26H28F2N2O5/c27-24(28)22(13-23(31)32)29-25(33)19-11-5-6-12-21(19)30-26(34)35-14-20-17-9-3-1-7-15(17)16-8-2-4-10-18(16)20/h1-4,7-10,19-22,24H,5-6,11-14H2,(H,29,33)(H,30,34)(H,31,32)/t19-,21+,22?/m0/s1. The van der Waals surface area contributed by atoms with Gasteiger partial charge in [0.1, 0.15) is 12.6 Å². The molecule has 3 N–H and O–H groups in total. The molecule has 3 atom stereocenters. The van der Waals surface area contributed by atoms with E-state index in [0.717, 1.165) is 28.7 Å². The largest absolute Gasteiger partial charge is 0.481 e. The summed E-state index contributed by atoms with van der Waals surface area (Å²) in [6.07, 6.45) is -2.17. The smallest absolute Gasteiger partial charge is 0.407 e. The van der Waals surface area contributed by atoms with Crippen molar-refractivity contribution < 1.29 is 33.0 Å². The molecule has 1 saturated carbocycles. The average Bonchev–Trinajstić information content (AvgIpc) is 3.16. The number of ether oxygens (including phenoxy) is 1. The highest BCUT2D eigenvalue weighted by atomic mass is 19.3. The second-order valence-corrected chi connectivity index (χ2v) is 9.01. The van der Waals surface area contributed by atoms with E-state index in [4.69, 9.17) is 9.84 Å². The van der Waals surface area contributed by atoms with Crippen molar-refractivity contribution in [3.63, 3.8) is 0 Å². The van der Waals surface area contributed by atoms with Crippen LogP contribution in [0.5, 0.6) is 0 Å². The zero-order valence-electron chi connectivity index (χ0n) is 19.1. The summed E-state index contributed by atoms with van der Waals surface area (Å²) in [5.74, 6) is -2.95. The number of alkyl halides is 2. The molecule has 2 aliphatic rings. The van der Waals surface area contributed by atoms with Gasteiger partial charge in [0.2, 0.25) is 5.91 Å². The Morgan fingerprint density at radius 3 is 2.17 bits per heavy atom. The average molecular weight is 487 g/mol. The number of halogens is 2. The molecular formula is C26H28F2N2O5. The van der Waals surface area contributed by atoms with Crippen molar-refractivity contribution in [2.24, 2.45) is 5.92 Å². The van der Waals surface area contributed by atoms with Crippen molar-refractivity contribution in [3.05, 3.63) is 59.7 Å². The summed E-state index contributed by atoms with van der Waals surface area (Å²) in [5, 5.41) is 13.7. The summed E-state index contributed by atoms with van der Waals surface area (Å²) in [7, 11) is 0. The van der Waals surface area contributed by atoms with Crippen molar-refractivity contribution in [2.45, 2.75) is 56.5 Å². The van der Waals surface area contributed by atoms with Gasteiger partial charge in [-0.1, -0.05) is 61.4 Å². The van der Waals surface area contributed by atoms with E-state index in [-0.39, 0.29) is 12.5 Å². The van der Waals surface area contributed by atoms with Crippen LogP contribution >= 0.6 is 0 Å². The van der Waals surface area contributed by atoms with Crippen LogP contribution in [0.15, 0.2) is 48.5 Å². The first-order chi connectivity index (χ1) is 16.8. The molecule has 0 spiro atoms. The molecule has 0 bridgehead atoms. The van der Waals surface area contributed by atoms with Crippen molar-refractivity contribution in [2.75, 3.05) is 6.61 Å². The lowest BCUT2D eigenvalue weighted by Crippen LogP contribution is -2.52. The number of aliphatic carboxylic acids is 1. The number of carboxylic acid groups (broad SMARTS) is 1. The monoisotopic (exact) mass is 486 g/mol. The van der Waals surface area contributed by atoms with Gasteiger partial charge in [-0.3, -0.25) is 9.59 Å². The number of rotatable bonds is 8. The first-order valence-electron chi connectivity index (χ1n) is 11.8. The van der Waals surface area contributed by atoms with Gasteiger partial charge in [-0.2, -0.15) is 0 Å². The van der Waals surface area contributed by atoms with E-state index < -0.39 is 48.8 Å². The number of carboxylic acids is 1. The topological polar surface area (TPSA) is 105 Å². The summed E-state index contributed by atoms with van der Waals surface area (Å²) < 4.78 is 31.9. The van der Waals surface area contributed by atoms with Crippen LogP contribution in [0, 0.1) is 5.92 Å². The molecule has 0 radical (unpaired) electrons. The summed E-state index contributed by atoms with van der Waals surface area (Å²) in [5.41, 5.74) is 4.37. The first-order valence-corrected chi connectivity index (χ1v) is 11.8. The van der Waals surface area contributed by atoms with Crippen LogP contribution in [0.25, 0.3) is 11.1 Å². The maximum Gasteiger partial charge on any atom is 0.407 e. The number of carbonyl (C=O) groups is 3. The molecule has 0 saturated heterocycles. The fourth-order valence-corrected chi connectivity index (χ4v) is 5.09. The second-order valence-electron chi connectivity index (χ2n) is 9.01. The molecule has 2 aliphatic carbocycles. The fourth-order valence-electron chi connectivity index (χ4n) is 5.09. The maximum atomic E-state index is 13.2. The lowest BCUT2D eigenvalue weighted by Gasteiger charge is -2.32. The molecule has 7 nitrogen and oxygen atoms in total. The van der Waals surface area contributed by atoms with E-state index in [0.29, 0.717) is 19.3 Å². The summed E-state index contributed by atoms with van der Waals surface area (Å²) in [6.45, 7) is 0.121. The Morgan fingerprint density at radius 2 is 1.57 bits per heavy atom. The molecule has 4 rings (SSSR count). The summed E-state index contributed by atoms with van der Waals surface area (Å²) in [6, 6.07) is 13.6. The molecule has 35 heavy (non-hydrogen) atoms. The number of alkyl carbamates (subject to hydrolysis) is 1. The zero-order valence-corrected chi connectivity index (χ0v) is 19.1. The molecule has 2 amide bonds. The van der Waals surface area contributed by atoms with E-state index in [1.165, 1.54) is 0 Å². The highest BCUT2D eigenvalue weighted by molar-refractivity contribution is 5.82. The molecule has 1 unspecified atom stereocenters. The van der Waals surface area contributed by atoms with Gasteiger partial charge < -0.3 is 20.5 Å². The third kappa shape index (κ3) is 5.61. The molecule has 0 aliphatic heterocycles. The normalized spacial score (nSPS) is 20.0. The molecule has 1 fully saturated rings. The molecule has 2 aromatic carbocycles.